The molecule has 3 N–H and O–H groups in total. The fourth-order valence-corrected chi connectivity index (χ4v) is 2.73. The first-order valence-electron chi connectivity index (χ1n) is 6.61. The van der Waals surface area contributed by atoms with Gasteiger partial charge in [-0.1, -0.05) is 12.1 Å². The molecule has 0 amide bonds. The molecule has 3 unspecified atom stereocenters. The molecule has 0 aromatic heterocycles. The highest BCUT2D eigenvalue weighted by atomic mass is 32.2. The maximum atomic E-state index is 11.5. The molecule has 6 heteroatoms. The number of sulfone groups is 1. The molecule has 20 heavy (non-hydrogen) atoms. The first kappa shape index (κ1) is 16.9. The molecule has 0 heterocycles. The topological polar surface area (TPSA) is 89.6 Å². The lowest BCUT2D eigenvalue weighted by atomic mass is 9.92. The Hall–Kier alpha value is -1.11. The van der Waals surface area contributed by atoms with Crippen molar-refractivity contribution in [3.8, 4) is 5.75 Å². The Kier molecular flexibility index (Phi) is 5.98. The van der Waals surface area contributed by atoms with Crippen LogP contribution in [0.5, 0.6) is 5.75 Å². The molecule has 0 fully saturated rings. The third-order valence-corrected chi connectivity index (χ3v) is 5.07. The Balaban J connectivity index is 2.95. The number of benzene rings is 1. The summed E-state index contributed by atoms with van der Waals surface area (Å²) in [6.07, 6.45) is 0.0834. The quantitative estimate of drug-likeness (QED) is 0.781. The van der Waals surface area contributed by atoms with E-state index in [1.54, 1.807) is 24.3 Å². The summed E-state index contributed by atoms with van der Waals surface area (Å²) in [5.41, 5.74) is 6.50. The summed E-state index contributed by atoms with van der Waals surface area (Å²) >= 11 is 0. The minimum atomic E-state index is -3.31. The second kappa shape index (κ2) is 7.06. The summed E-state index contributed by atoms with van der Waals surface area (Å²) in [5.74, 6) is 0.313. The molecule has 5 nitrogen and oxygen atoms in total. The lowest BCUT2D eigenvalue weighted by molar-refractivity contribution is 0.144. The molecule has 3 atom stereocenters. The number of hydrogen-bond donors (Lipinski definition) is 2. The van der Waals surface area contributed by atoms with Gasteiger partial charge >= 0.3 is 0 Å². The van der Waals surface area contributed by atoms with Gasteiger partial charge < -0.3 is 15.6 Å². The van der Waals surface area contributed by atoms with E-state index in [1.807, 2.05) is 6.92 Å². The van der Waals surface area contributed by atoms with Crippen LogP contribution in [0, 0.1) is 0 Å². The van der Waals surface area contributed by atoms with E-state index in [2.05, 4.69) is 0 Å². The van der Waals surface area contributed by atoms with Crippen LogP contribution in [0.2, 0.25) is 0 Å². The fourth-order valence-electron chi connectivity index (χ4n) is 2.03. The van der Waals surface area contributed by atoms with Crippen molar-refractivity contribution in [2.24, 2.45) is 5.73 Å². The van der Waals surface area contributed by atoms with E-state index >= 15 is 0 Å². The van der Waals surface area contributed by atoms with Crippen LogP contribution in [0.1, 0.15) is 25.3 Å². The van der Waals surface area contributed by atoms with E-state index in [-0.39, 0.29) is 6.54 Å². The Bertz CT molecular complexity index is 512. The first-order chi connectivity index (χ1) is 9.31. The lowest BCUT2D eigenvalue weighted by Crippen LogP contribution is -2.38. The van der Waals surface area contributed by atoms with Crippen molar-refractivity contribution >= 4 is 9.84 Å². The van der Waals surface area contributed by atoms with Crippen LogP contribution in [0.3, 0.4) is 0 Å². The van der Waals surface area contributed by atoms with E-state index in [0.29, 0.717) is 6.61 Å². The molecule has 0 aliphatic heterocycles. The third-order valence-electron chi connectivity index (χ3n) is 3.44. The highest BCUT2D eigenvalue weighted by molar-refractivity contribution is 7.91. The molecular weight excluding hydrogens is 278 g/mol. The van der Waals surface area contributed by atoms with E-state index in [9.17, 15) is 13.5 Å². The molecule has 0 radical (unpaired) electrons. The van der Waals surface area contributed by atoms with Crippen molar-refractivity contribution in [1.29, 1.82) is 0 Å². The standard InChI is InChI=1S/C14H23NO4S/c1-4-19-12-7-5-11(6-8-12)13(9-15)14(16)10(2)20(3,17)18/h5-8,10,13-14,16H,4,9,15H2,1-3H3. The van der Waals surface area contributed by atoms with Crippen molar-refractivity contribution in [3.05, 3.63) is 29.8 Å². The molecule has 1 rings (SSSR count). The van der Waals surface area contributed by atoms with Crippen molar-refractivity contribution in [2.75, 3.05) is 19.4 Å². The smallest absolute Gasteiger partial charge is 0.152 e. The number of nitrogens with two attached hydrogens (primary N) is 1. The zero-order valence-electron chi connectivity index (χ0n) is 12.1. The van der Waals surface area contributed by atoms with Gasteiger partial charge in [-0.15, -0.1) is 0 Å². The summed E-state index contributed by atoms with van der Waals surface area (Å²) < 4.78 is 28.4. The molecule has 0 aliphatic rings. The highest BCUT2D eigenvalue weighted by Crippen LogP contribution is 2.25. The predicted molar refractivity (Wildman–Crippen MR) is 79.7 cm³/mol. The molecule has 1 aromatic carbocycles. The van der Waals surface area contributed by atoms with Crippen LogP contribution in [-0.2, 0) is 9.84 Å². The maximum absolute atomic E-state index is 11.5. The third kappa shape index (κ3) is 4.19. The average Bonchev–Trinajstić information content (AvgIpc) is 2.39. The van der Waals surface area contributed by atoms with Gasteiger partial charge in [0, 0.05) is 18.7 Å². The number of hydrogen-bond acceptors (Lipinski definition) is 5. The number of aliphatic hydroxyl groups is 1. The molecule has 0 saturated carbocycles. The summed E-state index contributed by atoms with van der Waals surface area (Å²) in [7, 11) is -3.31. The normalized spacial score (nSPS) is 16.4. The first-order valence-corrected chi connectivity index (χ1v) is 8.56. The number of rotatable bonds is 7. The van der Waals surface area contributed by atoms with Crippen LogP contribution in [0.25, 0.3) is 0 Å². The largest absolute Gasteiger partial charge is 0.494 e. The van der Waals surface area contributed by atoms with Crippen molar-refractivity contribution < 1.29 is 18.3 Å². The summed E-state index contributed by atoms with van der Waals surface area (Å²) in [6, 6.07) is 7.19. The monoisotopic (exact) mass is 301 g/mol. The molecule has 114 valence electrons. The average molecular weight is 301 g/mol. The molecule has 0 aliphatic carbocycles. The Morgan fingerprint density at radius 1 is 1.30 bits per heavy atom. The van der Waals surface area contributed by atoms with Crippen molar-refractivity contribution in [3.63, 3.8) is 0 Å². The Morgan fingerprint density at radius 2 is 1.85 bits per heavy atom. The molecule has 0 spiro atoms. The van der Waals surface area contributed by atoms with E-state index in [0.717, 1.165) is 17.6 Å². The fraction of sp³-hybridized carbons (Fsp3) is 0.571. The maximum Gasteiger partial charge on any atom is 0.152 e. The number of ether oxygens (including phenoxy) is 1. The van der Waals surface area contributed by atoms with Crippen LogP contribution < -0.4 is 10.5 Å². The van der Waals surface area contributed by atoms with Gasteiger partial charge in [0.15, 0.2) is 9.84 Å². The summed E-state index contributed by atoms with van der Waals surface area (Å²) in [6.45, 7) is 4.15. The molecule has 0 saturated heterocycles. The second-order valence-electron chi connectivity index (χ2n) is 4.87. The van der Waals surface area contributed by atoms with Crippen molar-refractivity contribution in [1.82, 2.24) is 0 Å². The lowest BCUT2D eigenvalue weighted by Gasteiger charge is -2.26. The van der Waals surface area contributed by atoms with Crippen LogP contribution in [0.15, 0.2) is 24.3 Å². The second-order valence-corrected chi connectivity index (χ2v) is 7.27. The van der Waals surface area contributed by atoms with Gasteiger partial charge in [-0.2, -0.15) is 0 Å². The molecule has 0 bridgehead atoms. The zero-order valence-corrected chi connectivity index (χ0v) is 12.9. The van der Waals surface area contributed by atoms with Gasteiger partial charge in [-0.25, -0.2) is 8.42 Å². The summed E-state index contributed by atoms with van der Waals surface area (Å²) in [5, 5.41) is 9.39. The van der Waals surface area contributed by atoms with Gasteiger partial charge in [0.25, 0.3) is 0 Å². The van der Waals surface area contributed by atoms with Crippen LogP contribution in [0.4, 0.5) is 0 Å². The Morgan fingerprint density at radius 3 is 2.25 bits per heavy atom. The van der Waals surface area contributed by atoms with Gasteiger partial charge in [-0.3, -0.25) is 0 Å². The molecule has 1 aromatic rings. The Labute approximate surface area is 120 Å². The van der Waals surface area contributed by atoms with E-state index < -0.39 is 27.1 Å². The van der Waals surface area contributed by atoms with E-state index in [1.165, 1.54) is 6.92 Å². The minimum Gasteiger partial charge on any atom is -0.494 e. The van der Waals surface area contributed by atoms with Crippen LogP contribution in [-0.4, -0.2) is 44.3 Å². The number of aliphatic hydroxyl groups excluding tert-OH is 1. The minimum absolute atomic E-state index is 0.176. The highest BCUT2D eigenvalue weighted by Gasteiger charge is 2.31. The van der Waals surface area contributed by atoms with Gasteiger partial charge in [0.1, 0.15) is 5.75 Å². The van der Waals surface area contributed by atoms with Crippen molar-refractivity contribution in [2.45, 2.75) is 31.1 Å². The van der Waals surface area contributed by atoms with Gasteiger partial charge in [0.2, 0.25) is 0 Å². The molecular formula is C14H23NO4S. The zero-order chi connectivity index (χ0) is 15.3. The van der Waals surface area contributed by atoms with Crippen LogP contribution >= 0.6 is 0 Å². The summed E-state index contributed by atoms with van der Waals surface area (Å²) in [4.78, 5) is 0. The van der Waals surface area contributed by atoms with Gasteiger partial charge in [0.05, 0.1) is 18.0 Å². The van der Waals surface area contributed by atoms with Gasteiger partial charge in [-0.05, 0) is 31.5 Å². The van der Waals surface area contributed by atoms with E-state index in [4.69, 9.17) is 10.5 Å². The SMILES string of the molecule is CCOc1ccc(C(CN)C(O)C(C)S(C)(=O)=O)cc1. The predicted octanol–water partition coefficient (Wildman–Crippen LogP) is 0.922.